The maximum atomic E-state index is 12.9. The quantitative estimate of drug-likeness (QED) is 0.497. The molecule has 0 amide bonds. The SMILES string of the molecule is CCCn1c(N)c(C(=O)C[NH2+]C(c2ccccc2)c2ccccc2)c(=O)[nH]c1=O. The molecule has 3 rings (SSSR count). The fraction of sp³-hybridized carbons (Fsp3) is 0.227. The van der Waals surface area contributed by atoms with E-state index < -0.39 is 17.0 Å². The van der Waals surface area contributed by atoms with Gasteiger partial charge in [-0.3, -0.25) is 19.1 Å². The van der Waals surface area contributed by atoms with E-state index in [0.29, 0.717) is 13.0 Å². The number of carbonyl (C=O) groups is 1. The lowest BCUT2D eigenvalue weighted by Gasteiger charge is -2.17. The van der Waals surface area contributed by atoms with Crippen molar-refractivity contribution in [2.24, 2.45) is 0 Å². The maximum absolute atomic E-state index is 12.9. The normalized spacial score (nSPS) is 11.0. The van der Waals surface area contributed by atoms with Crippen LogP contribution in [0.15, 0.2) is 70.3 Å². The van der Waals surface area contributed by atoms with Gasteiger partial charge in [-0.25, -0.2) is 4.79 Å². The van der Waals surface area contributed by atoms with Gasteiger partial charge >= 0.3 is 5.69 Å². The molecule has 1 aromatic heterocycles. The van der Waals surface area contributed by atoms with E-state index in [1.165, 1.54) is 4.57 Å². The van der Waals surface area contributed by atoms with E-state index in [-0.39, 0.29) is 24.0 Å². The Morgan fingerprint density at radius 3 is 2.10 bits per heavy atom. The van der Waals surface area contributed by atoms with E-state index in [2.05, 4.69) is 4.98 Å². The van der Waals surface area contributed by atoms with Gasteiger partial charge in [-0.1, -0.05) is 67.6 Å². The maximum Gasteiger partial charge on any atom is 0.329 e. The second-order valence-electron chi connectivity index (χ2n) is 6.83. The van der Waals surface area contributed by atoms with Gasteiger partial charge in [-0.05, 0) is 6.42 Å². The predicted molar refractivity (Wildman–Crippen MR) is 112 cm³/mol. The number of hydrogen-bond acceptors (Lipinski definition) is 4. The summed E-state index contributed by atoms with van der Waals surface area (Å²) in [5.74, 6) is -0.486. The van der Waals surface area contributed by atoms with Crippen molar-refractivity contribution in [1.82, 2.24) is 9.55 Å². The van der Waals surface area contributed by atoms with Crippen molar-refractivity contribution in [2.75, 3.05) is 12.3 Å². The van der Waals surface area contributed by atoms with Crippen molar-refractivity contribution in [3.05, 3.63) is 98.2 Å². The number of nitrogens with one attached hydrogen (secondary N) is 1. The molecule has 0 aliphatic rings. The third-order valence-corrected chi connectivity index (χ3v) is 4.82. The number of ketones is 1. The van der Waals surface area contributed by atoms with Gasteiger partial charge in [-0.2, -0.15) is 0 Å². The molecule has 1 heterocycles. The first-order valence-corrected chi connectivity index (χ1v) is 9.62. The molecule has 0 radical (unpaired) electrons. The Kier molecular flexibility index (Phi) is 6.41. The molecule has 7 heteroatoms. The summed E-state index contributed by atoms with van der Waals surface area (Å²) in [6, 6.07) is 19.6. The van der Waals surface area contributed by atoms with Crippen molar-refractivity contribution >= 4 is 11.6 Å². The van der Waals surface area contributed by atoms with Crippen LogP contribution in [0.5, 0.6) is 0 Å². The van der Waals surface area contributed by atoms with Crippen molar-refractivity contribution in [3.8, 4) is 0 Å². The number of Topliss-reactive ketones (excluding diaryl/α,β-unsaturated/α-hetero) is 1. The standard InChI is InChI=1S/C22H24N4O3/c1-2-13-26-20(23)18(21(28)25-22(26)29)17(27)14-24-19(15-9-5-3-6-10-15)16-11-7-4-8-12-16/h3-12,19,24H,2,13-14,23H2,1H3,(H,25,28,29)/p+1. The first kappa shape index (κ1) is 20.3. The van der Waals surface area contributed by atoms with Gasteiger partial charge in [0.25, 0.3) is 5.56 Å². The van der Waals surface area contributed by atoms with Crippen LogP contribution in [-0.4, -0.2) is 21.9 Å². The number of H-pyrrole nitrogens is 1. The molecule has 0 saturated heterocycles. The van der Waals surface area contributed by atoms with Crippen LogP contribution in [0.3, 0.4) is 0 Å². The molecule has 5 N–H and O–H groups in total. The van der Waals surface area contributed by atoms with Crippen LogP contribution in [0.2, 0.25) is 0 Å². The fourth-order valence-electron chi connectivity index (χ4n) is 3.42. The van der Waals surface area contributed by atoms with E-state index in [4.69, 9.17) is 5.73 Å². The number of quaternary nitrogens is 1. The molecule has 0 unspecified atom stereocenters. The second-order valence-corrected chi connectivity index (χ2v) is 6.83. The zero-order valence-electron chi connectivity index (χ0n) is 16.3. The molecular weight excluding hydrogens is 368 g/mol. The fourth-order valence-corrected chi connectivity index (χ4v) is 3.42. The lowest BCUT2D eigenvalue weighted by molar-refractivity contribution is -0.675. The van der Waals surface area contributed by atoms with Gasteiger partial charge in [0.15, 0.2) is 0 Å². The minimum absolute atomic E-state index is 0.0199. The third-order valence-electron chi connectivity index (χ3n) is 4.82. The number of rotatable bonds is 8. The highest BCUT2D eigenvalue weighted by molar-refractivity contribution is 6.00. The number of nitrogens with two attached hydrogens (primary N) is 2. The molecule has 0 aliphatic heterocycles. The van der Waals surface area contributed by atoms with Crippen LogP contribution >= 0.6 is 0 Å². The van der Waals surface area contributed by atoms with Crippen LogP contribution in [0, 0.1) is 0 Å². The van der Waals surface area contributed by atoms with E-state index in [1.807, 2.05) is 72.9 Å². The smallest absolute Gasteiger partial charge is 0.329 e. The predicted octanol–water partition coefficient (Wildman–Crippen LogP) is 1.06. The van der Waals surface area contributed by atoms with Crippen molar-refractivity contribution in [1.29, 1.82) is 0 Å². The summed E-state index contributed by atoms with van der Waals surface area (Å²) in [6.07, 6.45) is 0.653. The largest absolute Gasteiger partial charge is 0.384 e. The van der Waals surface area contributed by atoms with Crippen molar-refractivity contribution in [3.63, 3.8) is 0 Å². The molecule has 0 fully saturated rings. The van der Waals surface area contributed by atoms with E-state index >= 15 is 0 Å². The van der Waals surface area contributed by atoms with E-state index in [0.717, 1.165) is 11.1 Å². The van der Waals surface area contributed by atoms with E-state index in [9.17, 15) is 14.4 Å². The van der Waals surface area contributed by atoms with Crippen molar-refractivity contribution < 1.29 is 10.1 Å². The molecule has 0 atom stereocenters. The Hall–Kier alpha value is -3.45. The molecule has 150 valence electrons. The summed E-state index contributed by atoms with van der Waals surface area (Å²) >= 11 is 0. The minimum atomic E-state index is -0.741. The number of carbonyl (C=O) groups excluding carboxylic acids is 1. The number of hydrogen-bond donors (Lipinski definition) is 3. The Morgan fingerprint density at radius 2 is 1.59 bits per heavy atom. The Morgan fingerprint density at radius 1 is 1.03 bits per heavy atom. The van der Waals surface area contributed by atoms with Crippen LogP contribution in [0.1, 0.15) is 40.9 Å². The molecule has 29 heavy (non-hydrogen) atoms. The molecule has 2 aromatic carbocycles. The molecule has 0 spiro atoms. The Bertz CT molecular complexity index is 1050. The van der Waals surface area contributed by atoms with Gasteiger partial charge in [-0.15, -0.1) is 0 Å². The number of anilines is 1. The average Bonchev–Trinajstić information content (AvgIpc) is 2.72. The summed E-state index contributed by atoms with van der Waals surface area (Å²) in [4.78, 5) is 39.3. The molecule has 0 aliphatic carbocycles. The molecular formula is C22H25N4O3+. The molecule has 0 bridgehead atoms. The Labute approximate surface area is 168 Å². The van der Waals surface area contributed by atoms with Crippen LogP contribution in [0.25, 0.3) is 0 Å². The summed E-state index contributed by atoms with van der Waals surface area (Å²) in [6.45, 7) is 2.24. The van der Waals surface area contributed by atoms with Crippen LogP contribution < -0.4 is 22.3 Å². The van der Waals surface area contributed by atoms with E-state index in [1.54, 1.807) is 0 Å². The zero-order chi connectivity index (χ0) is 20.8. The number of aromatic nitrogens is 2. The monoisotopic (exact) mass is 393 g/mol. The number of nitrogen functional groups attached to an aromatic ring is 1. The van der Waals surface area contributed by atoms with Gasteiger partial charge in [0.2, 0.25) is 5.78 Å². The average molecular weight is 393 g/mol. The number of benzene rings is 2. The lowest BCUT2D eigenvalue weighted by Crippen LogP contribution is -2.87. The van der Waals surface area contributed by atoms with Gasteiger partial charge in [0.05, 0.1) is 0 Å². The summed E-state index contributed by atoms with van der Waals surface area (Å²) in [5, 5.41) is 1.88. The molecule has 0 saturated carbocycles. The molecule has 7 nitrogen and oxygen atoms in total. The highest BCUT2D eigenvalue weighted by Gasteiger charge is 2.23. The number of aromatic amines is 1. The molecule has 3 aromatic rings. The second kappa shape index (κ2) is 9.16. The summed E-state index contributed by atoms with van der Waals surface area (Å²) in [5.41, 5.74) is 6.60. The lowest BCUT2D eigenvalue weighted by atomic mass is 9.98. The summed E-state index contributed by atoms with van der Waals surface area (Å²) < 4.78 is 1.24. The highest BCUT2D eigenvalue weighted by Crippen LogP contribution is 2.17. The van der Waals surface area contributed by atoms with Crippen LogP contribution in [0.4, 0.5) is 5.82 Å². The minimum Gasteiger partial charge on any atom is -0.384 e. The van der Waals surface area contributed by atoms with Crippen LogP contribution in [-0.2, 0) is 6.54 Å². The first-order valence-electron chi connectivity index (χ1n) is 9.62. The van der Waals surface area contributed by atoms with Crippen molar-refractivity contribution in [2.45, 2.75) is 25.9 Å². The Balaban J connectivity index is 1.89. The van der Waals surface area contributed by atoms with Gasteiger partial charge in [0.1, 0.15) is 24.0 Å². The van der Waals surface area contributed by atoms with Gasteiger partial charge in [0, 0.05) is 17.7 Å². The van der Waals surface area contributed by atoms with Gasteiger partial charge < -0.3 is 11.1 Å². The topological polar surface area (TPSA) is 115 Å². The number of nitrogens with zero attached hydrogens (tertiary/aromatic N) is 1. The highest BCUT2D eigenvalue weighted by atomic mass is 16.2. The first-order chi connectivity index (χ1) is 14.0. The zero-order valence-corrected chi connectivity index (χ0v) is 16.3. The third kappa shape index (κ3) is 4.52. The summed E-state index contributed by atoms with van der Waals surface area (Å²) in [7, 11) is 0.